The van der Waals surface area contributed by atoms with Crippen molar-refractivity contribution < 1.29 is 5.11 Å². The summed E-state index contributed by atoms with van der Waals surface area (Å²) in [7, 11) is 1.87. The van der Waals surface area contributed by atoms with E-state index >= 15 is 0 Å². The normalized spacial score (nSPS) is 16.9. The third kappa shape index (κ3) is 3.27. The molecule has 1 saturated heterocycles. The number of likely N-dealkylation sites (N-methyl/N-ethyl adjacent to an activating group) is 1. The molecule has 0 bridgehead atoms. The molecule has 0 amide bonds. The molecule has 0 radical (unpaired) electrons. The first kappa shape index (κ1) is 17.9. The highest BCUT2D eigenvalue weighted by Crippen LogP contribution is 2.33. The minimum Gasteiger partial charge on any atom is -0.507 e. The van der Waals surface area contributed by atoms with Gasteiger partial charge in [0.15, 0.2) is 0 Å². The molecule has 1 atom stereocenters. The summed E-state index contributed by atoms with van der Waals surface area (Å²) in [6.07, 6.45) is 3.07. The zero-order valence-corrected chi connectivity index (χ0v) is 16.6. The number of anilines is 1. The fourth-order valence-electron chi connectivity index (χ4n) is 4.14. The quantitative estimate of drug-likeness (QED) is 0.559. The van der Waals surface area contributed by atoms with Crippen LogP contribution in [0.4, 0.5) is 5.82 Å². The molecule has 1 aliphatic heterocycles. The van der Waals surface area contributed by atoms with E-state index in [9.17, 15) is 5.11 Å². The van der Waals surface area contributed by atoms with Crippen LogP contribution in [0.3, 0.4) is 0 Å². The van der Waals surface area contributed by atoms with Crippen LogP contribution in [0.25, 0.3) is 33.2 Å². The van der Waals surface area contributed by atoms with E-state index in [2.05, 4.69) is 22.2 Å². The fourth-order valence-corrected chi connectivity index (χ4v) is 4.14. The lowest BCUT2D eigenvalue weighted by Gasteiger charge is -2.18. The summed E-state index contributed by atoms with van der Waals surface area (Å²) in [6.45, 7) is 5.13. The molecule has 0 saturated carbocycles. The van der Waals surface area contributed by atoms with Crippen LogP contribution in [0.15, 0.2) is 42.6 Å². The number of aromatic nitrogens is 4. The number of nitrogens with zero attached hydrogens (tertiary/aromatic N) is 5. The highest BCUT2D eigenvalue weighted by molar-refractivity contribution is 5.88. The standard InChI is InChI=1S/C22H24N6O/c1-3-23-15-8-9-28(13-15)22-7-6-18-19(25-22)5-4-17(24-18)16-10-14-12-27(2)26-20(14)11-21(16)29/h4-7,10-12,15,23,29H,3,8-9,13H2,1-2H3/t15-/m1/s1. The molecule has 0 spiro atoms. The van der Waals surface area contributed by atoms with Crippen LogP contribution in [0.1, 0.15) is 13.3 Å². The van der Waals surface area contributed by atoms with Gasteiger partial charge in [0.2, 0.25) is 0 Å². The van der Waals surface area contributed by atoms with Crippen molar-refractivity contribution in [1.29, 1.82) is 0 Å². The summed E-state index contributed by atoms with van der Waals surface area (Å²) in [5, 5.41) is 19.3. The van der Waals surface area contributed by atoms with E-state index in [0.29, 0.717) is 11.6 Å². The van der Waals surface area contributed by atoms with Gasteiger partial charge < -0.3 is 15.3 Å². The first-order valence-electron chi connectivity index (χ1n) is 10.0. The molecule has 1 aromatic carbocycles. The first-order valence-corrected chi connectivity index (χ1v) is 10.0. The van der Waals surface area contributed by atoms with Crippen molar-refractivity contribution in [1.82, 2.24) is 25.1 Å². The summed E-state index contributed by atoms with van der Waals surface area (Å²) in [4.78, 5) is 11.9. The van der Waals surface area contributed by atoms with Crippen molar-refractivity contribution >= 4 is 27.8 Å². The van der Waals surface area contributed by atoms with Crippen molar-refractivity contribution in [3.63, 3.8) is 0 Å². The molecule has 1 fully saturated rings. The number of benzene rings is 1. The van der Waals surface area contributed by atoms with Crippen molar-refractivity contribution in [3.05, 3.63) is 42.6 Å². The number of pyridine rings is 2. The topological polar surface area (TPSA) is 79.1 Å². The molecular formula is C22H24N6O. The second-order valence-corrected chi connectivity index (χ2v) is 7.62. The molecule has 0 unspecified atom stereocenters. The Balaban J connectivity index is 1.48. The Hall–Kier alpha value is -3.19. The Morgan fingerprint density at radius 3 is 2.79 bits per heavy atom. The lowest BCUT2D eigenvalue weighted by Crippen LogP contribution is -2.32. The van der Waals surface area contributed by atoms with Gasteiger partial charge in [-0.15, -0.1) is 0 Å². The Morgan fingerprint density at radius 1 is 1.10 bits per heavy atom. The Bertz CT molecular complexity index is 1200. The Morgan fingerprint density at radius 2 is 1.93 bits per heavy atom. The average Bonchev–Trinajstić information content (AvgIpc) is 3.32. The lowest BCUT2D eigenvalue weighted by molar-refractivity contribution is 0.478. The zero-order chi connectivity index (χ0) is 20.0. The number of hydrogen-bond donors (Lipinski definition) is 2. The van der Waals surface area contributed by atoms with Gasteiger partial charge in [0.05, 0.1) is 22.2 Å². The van der Waals surface area contributed by atoms with Crippen molar-refractivity contribution in [2.75, 3.05) is 24.5 Å². The molecule has 1 aliphatic rings. The monoisotopic (exact) mass is 388 g/mol. The second kappa shape index (κ2) is 7.00. The van der Waals surface area contributed by atoms with Gasteiger partial charge in [-0.2, -0.15) is 5.10 Å². The van der Waals surface area contributed by atoms with Crippen LogP contribution >= 0.6 is 0 Å². The van der Waals surface area contributed by atoms with Gasteiger partial charge in [-0.1, -0.05) is 6.92 Å². The lowest BCUT2D eigenvalue weighted by atomic mass is 10.1. The molecule has 7 nitrogen and oxygen atoms in total. The van der Waals surface area contributed by atoms with E-state index in [4.69, 9.17) is 9.97 Å². The molecule has 3 aromatic heterocycles. The second-order valence-electron chi connectivity index (χ2n) is 7.62. The molecular weight excluding hydrogens is 364 g/mol. The van der Waals surface area contributed by atoms with Crippen molar-refractivity contribution in [3.8, 4) is 17.0 Å². The maximum Gasteiger partial charge on any atom is 0.129 e. The molecule has 4 aromatic rings. The first-order chi connectivity index (χ1) is 14.1. The molecule has 5 rings (SSSR count). The summed E-state index contributed by atoms with van der Waals surface area (Å²) in [5.74, 6) is 1.17. The minimum atomic E-state index is 0.180. The van der Waals surface area contributed by atoms with Crippen LogP contribution in [0.2, 0.25) is 0 Å². The zero-order valence-electron chi connectivity index (χ0n) is 16.6. The summed E-state index contributed by atoms with van der Waals surface area (Å²) >= 11 is 0. The largest absolute Gasteiger partial charge is 0.507 e. The smallest absolute Gasteiger partial charge is 0.129 e. The summed E-state index contributed by atoms with van der Waals surface area (Å²) in [5.41, 5.74) is 3.87. The fraction of sp³-hybridized carbons (Fsp3) is 0.318. The molecule has 2 N–H and O–H groups in total. The molecule has 29 heavy (non-hydrogen) atoms. The molecule has 7 heteroatoms. The SMILES string of the molecule is CCN[C@@H]1CCN(c2ccc3nc(-c4cc5cn(C)nc5cc4O)ccc3n2)C1. The van der Waals surface area contributed by atoms with Crippen LogP contribution in [-0.2, 0) is 7.05 Å². The van der Waals surface area contributed by atoms with E-state index in [1.807, 2.05) is 43.6 Å². The highest BCUT2D eigenvalue weighted by atomic mass is 16.3. The number of nitrogens with one attached hydrogen (secondary N) is 1. The third-order valence-corrected chi connectivity index (χ3v) is 5.55. The molecule has 148 valence electrons. The third-order valence-electron chi connectivity index (χ3n) is 5.55. The maximum atomic E-state index is 10.5. The summed E-state index contributed by atoms with van der Waals surface area (Å²) < 4.78 is 1.74. The van der Waals surface area contributed by atoms with Gasteiger partial charge in [0.25, 0.3) is 0 Å². The van der Waals surface area contributed by atoms with E-state index in [1.165, 1.54) is 0 Å². The highest BCUT2D eigenvalue weighted by Gasteiger charge is 2.22. The van der Waals surface area contributed by atoms with E-state index in [0.717, 1.165) is 59.5 Å². The van der Waals surface area contributed by atoms with Crippen molar-refractivity contribution in [2.24, 2.45) is 7.05 Å². The predicted octanol–water partition coefficient (Wildman–Crippen LogP) is 3.08. The maximum absolute atomic E-state index is 10.5. The Labute approximate surface area is 169 Å². The van der Waals surface area contributed by atoms with Crippen LogP contribution in [0, 0.1) is 0 Å². The van der Waals surface area contributed by atoms with Gasteiger partial charge in [-0.3, -0.25) is 4.68 Å². The van der Waals surface area contributed by atoms with Crippen LogP contribution in [-0.4, -0.2) is 50.5 Å². The predicted molar refractivity (Wildman–Crippen MR) is 115 cm³/mol. The number of hydrogen-bond acceptors (Lipinski definition) is 6. The van der Waals surface area contributed by atoms with Crippen molar-refractivity contribution in [2.45, 2.75) is 19.4 Å². The van der Waals surface area contributed by atoms with E-state index in [1.54, 1.807) is 10.7 Å². The van der Waals surface area contributed by atoms with Crippen LogP contribution < -0.4 is 10.2 Å². The molecule has 4 heterocycles. The minimum absolute atomic E-state index is 0.180. The van der Waals surface area contributed by atoms with E-state index in [-0.39, 0.29) is 5.75 Å². The van der Waals surface area contributed by atoms with Gasteiger partial charge in [-0.25, -0.2) is 9.97 Å². The van der Waals surface area contributed by atoms with E-state index < -0.39 is 0 Å². The summed E-state index contributed by atoms with van der Waals surface area (Å²) in [6, 6.07) is 12.1. The van der Waals surface area contributed by atoms with Gasteiger partial charge in [-0.05, 0) is 43.3 Å². The average molecular weight is 388 g/mol. The number of rotatable bonds is 4. The Kier molecular flexibility index (Phi) is 4.32. The molecule has 0 aliphatic carbocycles. The van der Waals surface area contributed by atoms with Gasteiger partial charge in [0, 0.05) is 49.4 Å². The van der Waals surface area contributed by atoms with Crippen LogP contribution in [0.5, 0.6) is 5.75 Å². The van der Waals surface area contributed by atoms with Gasteiger partial charge >= 0.3 is 0 Å². The number of phenolic OH excluding ortho intramolecular Hbond substituents is 1. The number of aromatic hydroxyl groups is 1. The number of phenols is 1. The van der Waals surface area contributed by atoms with Gasteiger partial charge in [0.1, 0.15) is 11.6 Å². The number of fused-ring (bicyclic) bond motifs is 2. The number of aryl methyl sites for hydroxylation is 1.